The van der Waals surface area contributed by atoms with Crippen LogP contribution in [0.15, 0.2) is 42.5 Å². The topological polar surface area (TPSA) is 75.4 Å². The molecule has 0 radical (unpaired) electrons. The third kappa shape index (κ3) is 2.18. The average Bonchev–Trinajstić information content (AvgIpc) is 2.84. The van der Waals surface area contributed by atoms with E-state index in [-0.39, 0.29) is 11.7 Å². The molecular weight excluding hydrogens is 256 g/mol. The molecule has 1 aliphatic carbocycles. The number of phenolic OH excluding ortho intramolecular Hbond substituents is 1. The number of hydrogen-bond donors (Lipinski definition) is 2. The van der Waals surface area contributed by atoms with Crippen LogP contribution in [0.2, 0.25) is 0 Å². The van der Waals surface area contributed by atoms with Crippen molar-refractivity contribution >= 4 is 11.4 Å². The number of phenols is 1. The van der Waals surface area contributed by atoms with Gasteiger partial charge >= 0.3 is 0 Å². The molecule has 0 saturated carbocycles. The molecule has 2 aromatic carbocycles. The molecule has 0 aliphatic heterocycles. The summed E-state index contributed by atoms with van der Waals surface area (Å²) in [6, 6.07) is 12.1. The van der Waals surface area contributed by atoms with Gasteiger partial charge in [0.1, 0.15) is 5.75 Å². The molecule has 2 N–H and O–H groups in total. The zero-order chi connectivity index (χ0) is 14.1. The van der Waals surface area contributed by atoms with Gasteiger partial charge in [-0.05, 0) is 42.2 Å². The number of hydrogen-bond acceptors (Lipinski definition) is 4. The monoisotopic (exact) mass is 270 g/mol. The first kappa shape index (κ1) is 12.5. The lowest BCUT2D eigenvalue weighted by molar-refractivity contribution is -0.384. The van der Waals surface area contributed by atoms with Crippen molar-refractivity contribution in [1.29, 1.82) is 0 Å². The van der Waals surface area contributed by atoms with Crippen LogP contribution in [0, 0.1) is 10.1 Å². The predicted molar refractivity (Wildman–Crippen MR) is 75.9 cm³/mol. The van der Waals surface area contributed by atoms with Crippen molar-refractivity contribution in [1.82, 2.24) is 0 Å². The van der Waals surface area contributed by atoms with E-state index in [9.17, 15) is 15.2 Å². The summed E-state index contributed by atoms with van der Waals surface area (Å²) in [6.07, 6.45) is 1.75. The summed E-state index contributed by atoms with van der Waals surface area (Å²) < 4.78 is 0. The van der Waals surface area contributed by atoms with Gasteiger partial charge in [0.25, 0.3) is 5.69 Å². The first-order valence-electron chi connectivity index (χ1n) is 6.47. The Kier molecular flexibility index (Phi) is 3.02. The highest BCUT2D eigenvalue weighted by molar-refractivity contribution is 5.53. The molecule has 0 heterocycles. The van der Waals surface area contributed by atoms with E-state index in [0.29, 0.717) is 5.75 Å². The maximum atomic E-state index is 10.6. The summed E-state index contributed by atoms with van der Waals surface area (Å²) in [5, 5.41) is 23.8. The van der Waals surface area contributed by atoms with Gasteiger partial charge in [-0.2, -0.15) is 0 Å². The number of anilines is 1. The van der Waals surface area contributed by atoms with E-state index in [1.165, 1.54) is 12.1 Å². The fourth-order valence-corrected chi connectivity index (χ4v) is 2.67. The molecule has 0 saturated heterocycles. The van der Waals surface area contributed by atoms with E-state index in [1.807, 2.05) is 12.1 Å². The maximum absolute atomic E-state index is 10.6. The largest absolute Gasteiger partial charge is 0.508 e. The minimum Gasteiger partial charge on any atom is -0.508 e. The van der Waals surface area contributed by atoms with E-state index in [0.717, 1.165) is 29.7 Å². The molecule has 1 unspecified atom stereocenters. The molecule has 0 spiro atoms. The van der Waals surface area contributed by atoms with Gasteiger partial charge in [-0.15, -0.1) is 0 Å². The van der Waals surface area contributed by atoms with Crippen molar-refractivity contribution in [2.75, 3.05) is 5.32 Å². The Hall–Kier alpha value is -2.56. The summed E-state index contributed by atoms with van der Waals surface area (Å²) in [6.45, 7) is 0. The molecule has 2 aromatic rings. The normalized spacial score (nSPS) is 16.7. The van der Waals surface area contributed by atoms with E-state index >= 15 is 0 Å². The van der Waals surface area contributed by atoms with Gasteiger partial charge in [-0.3, -0.25) is 10.1 Å². The summed E-state index contributed by atoms with van der Waals surface area (Å²) >= 11 is 0. The van der Waals surface area contributed by atoms with Crippen LogP contribution in [0.4, 0.5) is 11.4 Å². The number of nitrogens with zero attached hydrogens (tertiary/aromatic N) is 1. The lowest BCUT2D eigenvalue weighted by atomic mass is 10.1. The van der Waals surface area contributed by atoms with E-state index in [2.05, 4.69) is 5.32 Å². The van der Waals surface area contributed by atoms with Crippen molar-refractivity contribution < 1.29 is 10.0 Å². The quantitative estimate of drug-likeness (QED) is 0.662. The van der Waals surface area contributed by atoms with Crippen LogP contribution in [0.5, 0.6) is 5.75 Å². The number of non-ortho nitro benzene ring substituents is 1. The van der Waals surface area contributed by atoms with Gasteiger partial charge in [0, 0.05) is 17.8 Å². The van der Waals surface area contributed by atoms with Crippen LogP contribution in [0.25, 0.3) is 0 Å². The minimum absolute atomic E-state index is 0.0833. The molecular formula is C15H14N2O3. The summed E-state index contributed by atoms with van der Waals surface area (Å²) in [5.41, 5.74) is 3.02. The number of nitro groups is 1. The third-order valence-electron chi connectivity index (χ3n) is 3.66. The number of rotatable bonds is 3. The zero-order valence-electron chi connectivity index (χ0n) is 10.7. The van der Waals surface area contributed by atoms with Crippen molar-refractivity contribution in [2.45, 2.75) is 18.9 Å². The molecule has 102 valence electrons. The molecule has 0 bridgehead atoms. The Morgan fingerprint density at radius 1 is 1.20 bits per heavy atom. The number of nitro benzene ring substituents is 1. The zero-order valence-corrected chi connectivity index (χ0v) is 10.7. The Morgan fingerprint density at radius 2 is 1.95 bits per heavy atom. The lowest BCUT2D eigenvalue weighted by Crippen LogP contribution is -2.06. The van der Waals surface area contributed by atoms with Crippen LogP contribution in [0.3, 0.4) is 0 Å². The first-order chi connectivity index (χ1) is 9.65. The molecule has 0 fully saturated rings. The summed E-state index contributed by atoms with van der Waals surface area (Å²) in [7, 11) is 0. The van der Waals surface area contributed by atoms with E-state index in [1.54, 1.807) is 18.2 Å². The van der Waals surface area contributed by atoms with Gasteiger partial charge in [0.15, 0.2) is 0 Å². The number of benzene rings is 2. The van der Waals surface area contributed by atoms with Crippen LogP contribution < -0.4 is 5.32 Å². The van der Waals surface area contributed by atoms with Crippen LogP contribution >= 0.6 is 0 Å². The van der Waals surface area contributed by atoms with Gasteiger partial charge in [0.2, 0.25) is 0 Å². The number of nitrogens with one attached hydrogen (secondary N) is 1. The summed E-state index contributed by atoms with van der Waals surface area (Å²) in [4.78, 5) is 10.2. The van der Waals surface area contributed by atoms with Crippen LogP contribution in [-0.2, 0) is 6.42 Å². The Balaban J connectivity index is 1.80. The molecule has 0 amide bonds. The van der Waals surface area contributed by atoms with E-state index < -0.39 is 4.92 Å². The minimum atomic E-state index is -0.410. The second kappa shape index (κ2) is 4.85. The number of aromatic hydroxyl groups is 1. The van der Waals surface area contributed by atoms with Gasteiger partial charge in [-0.1, -0.05) is 12.1 Å². The Morgan fingerprint density at radius 3 is 2.65 bits per heavy atom. The maximum Gasteiger partial charge on any atom is 0.269 e. The summed E-state index contributed by atoms with van der Waals surface area (Å²) in [5.74, 6) is 0.343. The van der Waals surface area contributed by atoms with E-state index in [4.69, 9.17) is 0 Å². The van der Waals surface area contributed by atoms with Gasteiger partial charge < -0.3 is 10.4 Å². The standard InChI is InChI=1S/C15H14N2O3/c18-15-3-1-2-12-13(15)8-9-14(12)16-10-4-6-11(7-5-10)17(19)20/h1-7,14,16,18H,8-9H2. The SMILES string of the molecule is O=[N+]([O-])c1ccc(NC2CCc3c(O)cccc32)cc1. The predicted octanol–water partition coefficient (Wildman–Crippen LogP) is 3.40. The highest BCUT2D eigenvalue weighted by atomic mass is 16.6. The molecule has 5 nitrogen and oxygen atoms in total. The number of fused-ring (bicyclic) bond motifs is 1. The second-order valence-electron chi connectivity index (χ2n) is 4.88. The fraction of sp³-hybridized carbons (Fsp3) is 0.200. The molecule has 1 atom stereocenters. The molecule has 5 heteroatoms. The van der Waals surface area contributed by atoms with Gasteiger partial charge in [0.05, 0.1) is 11.0 Å². The second-order valence-corrected chi connectivity index (χ2v) is 4.88. The van der Waals surface area contributed by atoms with Crippen molar-refractivity contribution in [2.24, 2.45) is 0 Å². The van der Waals surface area contributed by atoms with Crippen molar-refractivity contribution in [3.8, 4) is 5.75 Å². The molecule has 20 heavy (non-hydrogen) atoms. The Bertz CT molecular complexity index is 653. The highest BCUT2D eigenvalue weighted by Crippen LogP contribution is 2.38. The fourth-order valence-electron chi connectivity index (χ4n) is 2.67. The lowest BCUT2D eigenvalue weighted by Gasteiger charge is -2.15. The molecule has 1 aliphatic rings. The molecule has 0 aromatic heterocycles. The van der Waals surface area contributed by atoms with Gasteiger partial charge in [-0.25, -0.2) is 0 Å². The van der Waals surface area contributed by atoms with Crippen LogP contribution in [-0.4, -0.2) is 10.0 Å². The molecule has 3 rings (SSSR count). The van der Waals surface area contributed by atoms with Crippen LogP contribution in [0.1, 0.15) is 23.6 Å². The highest BCUT2D eigenvalue weighted by Gasteiger charge is 2.24. The smallest absolute Gasteiger partial charge is 0.269 e. The Labute approximate surface area is 116 Å². The first-order valence-corrected chi connectivity index (χ1v) is 6.47. The third-order valence-corrected chi connectivity index (χ3v) is 3.66. The van der Waals surface area contributed by atoms with Crippen molar-refractivity contribution in [3.05, 3.63) is 63.7 Å². The van der Waals surface area contributed by atoms with Crippen molar-refractivity contribution in [3.63, 3.8) is 0 Å². The average molecular weight is 270 g/mol.